The molecule has 2 amide bonds. The Labute approximate surface area is 110 Å². The number of amides is 2. The second-order valence-electron chi connectivity index (χ2n) is 4.42. The maximum Gasteiger partial charge on any atom is 0.280 e. The van der Waals surface area contributed by atoms with Crippen LogP contribution in [0.2, 0.25) is 0 Å². The van der Waals surface area contributed by atoms with Gasteiger partial charge >= 0.3 is 0 Å². The van der Waals surface area contributed by atoms with Gasteiger partial charge in [-0.15, -0.1) is 0 Å². The fourth-order valence-corrected chi connectivity index (χ4v) is 2.11. The average Bonchev–Trinajstić information content (AvgIpc) is 2.67. The summed E-state index contributed by atoms with van der Waals surface area (Å²) in [5.74, 6) is -0.632. The van der Waals surface area contributed by atoms with Crippen molar-refractivity contribution < 1.29 is 9.59 Å². The van der Waals surface area contributed by atoms with Gasteiger partial charge in [-0.3, -0.25) is 15.0 Å². The minimum absolute atomic E-state index is 0.316. The lowest BCUT2D eigenvalue weighted by molar-refractivity contribution is 0.0691. The van der Waals surface area contributed by atoms with Crippen molar-refractivity contribution in [1.82, 2.24) is 5.01 Å². The highest BCUT2D eigenvalue weighted by molar-refractivity contribution is 6.21. The van der Waals surface area contributed by atoms with Crippen molar-refractivity contribution in [3.63, 3.8) is 0 Å². The number of imide groups is 1. The number of nitrogens with one attached hydrogen (secondary N) is 1. The van der Waals surface area contributed by atoms with Gasteiger partial charge in [0.25, 0.3) is 11.8 Å². The predicted molar refractivity (Wildman–Crippen MR) is 71.7 cm³/mol. The first-order chi connectivity index (χ1) is 9.18. The predicted octanol–water partition coefficient (Wildman–Crippen LogP) is 2.62. The monoisotopic (exact) mass is 252 g/mol. The Bertz CT molecular complexity index is 644. The summed E-state index contributed by atoms with van der Waals surface area (Å²) >= 11 is 0. The van der Waals surface area contributed by atoms with Crippen molar-refractivity contribution in [3.8, 4) is 0 Å². The molecule has 2 aromatic rings. The number of hydrogen-bond acceptors (Lipinski definition) is 3. The Morgan fingerprint density at radius 1 is 0.842 bits per heavy atom. The van der Waals surface area contributed by atoms with Gasteiger partial charge in [-0.2, -0.15) is 5.01 Å². The fourth-order valence-electron chi connectivity index (χ4n) is 2.11. The first-order valence-electron chi connectivity index (χ1n) is 5.98. The number of fused-ring (bicyclic) bond motifs is 1. The minimum atomic E-state index is -0.316. The van der Waals surface area contributed by atoms with Gasteiger partial charge in [0.05, 0.1) is 16.8 Å². The number of hydrazine groups is 1. The van der Waals surface area contributed by atoms with Gasteiger partial charge in [-0.05, 0) is 30.7 Å². The van der Waals surface area contributed by atoms with Crippen LogP contribution >= 0.6 is 0 Å². The van der Waals surface area contributed by atoms with Crippen LogP contribution in [0.1, 0.15) is 26.3 Å². The number of nitrogens with zero attached hydrogens (tertiary/aromatic N) is 1. The molecule has 4 heteroatoms. The molecule has 3 rings (SSSR count). The number of benzene rings is 2. The highest BCUT2D eigenvalue weighted by atomic mass is 16.2. The third-order valence-corrected chi connectivity index (χ3v) is 3.17. The lowest BCUT2D eigenvalue weighted by Crippen LogP contribution is -2.35. The molecule has 0 aliphatic carbocycles. The molecule has 0 saturated carbocycles. The number of hydrogen-bond donors (Lipinski definition) is 1. The van der Waals surface area contributed by atoms with Crippen LogP contribution in [0.4, 0.5) is 5.69 Å². The van der Waals surface area contributed by atoms with Crippen LogP contribution in [0, 0.1) is 6.92 Å². The van der Waals surface area contributed by atoms with Crippen molar-refractivity contribution in [1.29, 1.82) is 0 Å². The molecule has 94 valence electrons. The number of carbonyl (C=O) groups is 2. The van der Waals surface area contributed by atoms with Crippen molar-refractivity contribution >= 4 is 17.5 Å². The van der Waals surface area contributed by atoms with E-state index >= 15 is 0 Å². The van der Waals surface area contributed by atoms with Crippen LogP contribution in [0.3, 0.4) is 0 Å². The zero-order valence-electron chi connectivity index (χ0n) is 10.4. The highest BCUT2D eigenvalue weighted by Gasteiger charge is 2.35. The molecule has 0 fully saturated rings. The highest BCUT2D eigenvalue weighted by Crippen LogP contribution is 2.24. The van der Waals surface area contributed by atoms with Gasteiger partial charge in [-0.25, -0.2) is 0 Å². The molecule has 1 heterocycles. The molecule has 0 saturated heterocycles. The molecule has 4 nitrogen and oxygen atoms in total. The quantitative estimate of drug-likeness (QED) is 0.836. The summed E-state index contributed by atoms with van der Waals surface area (Å²) in [6, 6.07) is 14.3. The van der Waals surface area contributed by atoms with E-state index in [9.17, 15) is 9.59 Å². The SMILES string of the molecule is Cc1ccccc1NN1C(=O)c2ccccc2C1=O. The van der Waals surface area contributed by atoms with Crippen LogP contribution in [0.25, 0.3) is 0 Å². The lowest BCUT2D eigenvalue weighted by Gasteiger charge is -2.17. The lowest BCUT2D eigenvalue weighted by atomic mass is 10.1. The van der Waals surface area contributed by atoms with E-state index in [2.05, 4.69) is 5.43 Å². The second kappa shape index (κ2) is 4.24. The smallest absolute Gasteiger partial charge is 0.280 e. The van der Waals surface area contributed by atoms with Gasteiger partial charge in [-0.1, -0.05) is 30.3 Å². The van der Waals surface area contributed by atoms with Crippen LogP contribution in [0.5, 0.6) is 0 Å². The number of carbonyl (C=O) groups excluding carboxylic acids is 2. The van der Waals surface area contributed by atoms with Gasteiger partial charge in [0.1, 0.15) is 0 Å². The zero-order chi connectivity index (χ0) is 13.4. The first kappa shape index (κ1) is 11.5. The van der Waals surface area contributed by atoms with Gasteiger partial charge in [0.2, 0.25) is 0 Å². The van der Waals surface area contributed by atoms with E-state index < -0.39 is 0 Å². The Hall–Kier alpha value is -2.62. The number of aryl methyl sites for hydroxylation is 1. The molecule has 19 heavy (non-hydrogen) atoms. The standard InChI is InChI=1S/C15H12N2O2/c1-10-6-2-5-9-13(10)16-17-14(18)11-7-3-4-8-12(11)15(17)19/h2-9,16H,1H3. The topological polar surface area (TPSA) is 49.4 Å². The molecule has 1 N–H and O–H groups in total. The molecule has 0 bridgehead atoms. The Balaban J connectivity index is 1.95. The summed E-state index contributed by atoms with van der Waals surface area (Å²) in [5, 5.41) is 1.06. The van der Waals surface area contributed by atoms with E-state index in [1.807, 2.05) is 31.2 Å². The van der Waals surface area contributed by atoms with Gasteiger partial charge in [0, 0.05) is 0 Å². The molecular formula is C15H12N2O2. The van der Waals surface area contributed by atoms with Gasteiger partial charge < -0.3 is 0 Å². The third-order valence-electron chi connectivity index (χ3n) is 3.17. The molecule has 0 spiro atoms. The maximum absolute atomic E-state index is 12.2. The van der Waals surface area contributed by atoms with Gasteiger partial charge in [0.15, 0.2) is 0 Å². The summed E-state index contributed by atoms with van der Waals surface area (Å²) in [6.45, 7) is 1.92. The van der Waals surface area contributed by atoms with Crippen molar-refractivity contribution in [2.75, 3.05) is 5.43 Å². The number of anilines is 1. The molecule has 0 radical (unpaired) electrons. The summed E-state index contributed by atoms with van der Waals surface area (Å²) in [5.41, 5.74) is 5.49. The van der Waals surface area contributed by atoms with Crippen molar-refractivity contribution in [2.45, 2.75) is 6.92 Å². The average molecular weight is 252 g/mol. The molecule has 0 atom stereocenters. The molecule has 2 aromatic carbocycles. The molecule has 0 unspecified atom stereocenters. The Morgan fingerprint density at radius 3 is 1.95 bits per heavy atom. The van der Waals surface area contributed by atoms with E-state index in [0.717, 1.165) is 16.3 Å². The molecule has 1 aliphatic rings. The first-order valence-corrected chi connectivity index (χ1v) is 5.98. The molecule has 0 aromatic heterocycles. The number of para-hydroxylation sites is 1. The fraction of sp³-hybridized carbons (Fsp3) is 0.0667. The zero-order valence-corrected chi connectivity index (χ0v) is 10.4. The third kappa shape index (κ3) is 1.78. The van der Waals surface area contributed by atoms with Crippen LogP contribution in [-0.2, 0) is 0 Å². The van der Waals surface area contributed by atoms with Crippen molar-refractivity contribution in [3.05, 3.63) is 65.2 Å². The molecular weight excluding hydrogens is 240 g/mol. The molecule has 1 aliphatic heterocycles. The second-order valence-corrected chi connectivity index (χ2v) is 4.42. The normalized spacial score (nSPS) is 13.6. The van der Waals surface area contributed by atoms with E-state index in [1.165, 1.54) is 0 Å². The Morgan fingerprint density at radius 2 is 1.37 bits per heavy atom. The van der Waals surface area contributed by atoms with Crippen LogP contribution < -0.4 is 5.43 Å². The Kier molecular flexibility index (Phi) is 2.56. The van der Waals surface area contributed by atoms with Crippen molar-refractivity contribution in [2.24, 2.45) is 0 Å². The summed E-state index contributed by atoms with van der Waals surface area (Å²) in [4.78, 5) is 24.3. The van der Waals surface area contributed by atoms with E-state index in [-0.39, 0.29) is 11.8 Å². The van der Waals surface area contributed by atoms with Crippen LogP contribution in [0.15, 0.2) is 48.5 Å². The van der Waals surface area contributed by atoms with E-state index in [0.29, 0.717) is 11.1 Å². The number of rotatable bonds is 2. The summed E-state index contributed by atoms with van der Waals surface area (Å²) in [7, 11) is 0. The largest absolute Gasteiger partial charge is 0.288 e. The summed E-state index contributed by atoms with van der Waals surface area (Å²) in [6.07, 6.45) is 0. The van der Waals surface area contributed by atoms with Crippen LogP contribution in [-0.4, -0.2) is 16.8 Å². The van der Waals surface area contributed by atoms with E-state index in [1.54, 1.807) is 24.3 Å². The maximum atomic E-state index is 12.2. The minimum Gasteiger partial charge on any atom is -0.288 e. The van der Waals surface area contributed by atoms with E-state index in [4.69, 9.17) is 0 Å². The summed E-state index contributed by atoms with van der Waals surface area (Å²) < 4.78 is 0.